The van der Waals surface area contributed by atoms with Crippen molar-refractivity contribution in [3.63, 3.8) is 0 Å². The molecule has 1 aromatic heterocycles. The van der Waals surface area contributed by atoms with E-state index in [1.54, 1.807) is 30.2 Å². The molecule has 0 radical (unpaired) electrons. The van der Waals surface area contributed by atoms with Gasteiger partial charge in [0.2, 0.25) is 0 Å². The fraction of sp³-hybridized carbons (Fsp3) is 0.421. The van der Waals surface area contributed by atoms with Crippen LogP contribution in [0.2, 0.25) is 0 Å². The van der Waals surface area contributed by atoms with Crippen molar-refractivity contribution in [3.8, 4) is 0 Å². The van der Waals surface area contributed by atoms with E-state index >= 15 is 0 Å². The molecule has 0 saturated carbocycles. The van der Waals surface area contributed by atoms with Crippen molar-refractivity contribution in [2.45, 2.75) is 24.9 Å². The molecule has 2 aromatic rings. The summed E-state index contributed by atoms with van der Waals surface area (Å²) in [6.07, 6.45) is 4.47. The average Bonchev–Trinajstić information content (AvgIpc) is 3.19. The number of amides is 2. The summed E-state index contributed by atoms with van der Waals surface area (Å²) in [6, 6.07) is 2.81. The minimum Gasteiger partial charge on any atom is -0.467 e. The number of benzene rings is 1. The third kappa shape index (κ3) is 4.75. The summed E-state index contributed by atoms with van der Waals surface area (Å²) in [5.41, 5.74) is 1.81. The predicted octanol–water partition coefficient (Wildman–Crippen LogP) is 3.26. The van der Waals surface area contributed by atoms with E-state index in [9.17, 15) is 14.0 Å². The number of halogens is 2. The molecule has 0 spiro atoms. The van der Waals surface area contributed by atoms with Crippen molar-refractivity contribution < 1.29 is 18.7 Å². The Morgan fingerprint density at radius 3 is 3.00 bits per heavy atom. The number of esters is 1. The van der Waals surface area contributed by atoms with Gasteiger partial charge in [-0.1, -0.05) is 22.0 Å². The number of hydrogen-bond acceptors (Lipinski definition) is 5. The number of fused-ring (bicyclic) bond motifs is 1. The molecule has 7 nitrogen and oxygen atoms in total. The fourth-order valence-corrected chi connectivity index (χ4v) is 4.20. The number of nitrogens with one attached hydrogen (secondary N) is 2. The summed E-state index contributed by atoms with van der Waals surface area (Å²) in [7, 11) is 1.29. The van der Waals surface area contributed by atoms with Crippen molar-refractivity contribution >= 4 is 39.7 Å². The van der Waals surface area contributed by atoms with Crippen LogP contribution >= 0.6 is 27.7 Å². The molecule has 1 aromatic carbocycles. The molecule has 0 fully saturated rings. The van der Waals surface area contributed by atoms with E-state index in [0.717, 1.165) is 5.69 Å². The number of imidazole rings is 1. The third-order valence-electron chi connectivity index (χ3n) is 4.84. The largest absolute Gasteiger partial charge is 0.467 e. The lowest BCUT2D eigenvalue weighted by atomic mass is 9.95. The smallest absolute Gasteiger partial charge is 0.328 e. The molecular formula is C19H22BrFN4O3S. The fourth-order valence-electron chi connectivity index (χ4n) is 3.39. The number of methoxy groups -OCH3 is 1. The minimum atomic E-state index is -0.768. The number of ether oxygens (including phenoxy) is 1. The van der Waals surface area contributed by atoms with E-state index in [2.05, 4.69) is 31.2 Å². The lowest BCUT2D eigenvalue weighted by Gasteiger charge is -2.36. The zero-order valence-corrected chi connectivity index (χ0v) is 18.5. The zero-order chi connectivity index (χ0) is 21.0. The van der Waals surface area contributed by atoms with Gasteiger partial charge in [0.15, 0.2) is 0 Å². The number of nitrogens with zero attached hydrogens (tertiary/aromatic N) is 2. The first-order chi connectivity index (χ1) is 14.0. The van der Waals surface area contributed by atoms with E-state index in [1.807, 2.05) is 6.26 Å². The van der Waals surface area contributed by atoms with E-state index in [4.69, 9.17) is 4.74 Å². The Morgan fingerprint density at radius 2 is 2.31 bits per heavy atom. The number of aromatic nitrogens is 2. The van der Waals surface area contributed by atoms with Crippen LogP contribution in [0.5, 0.6) is 0 Å². The standard InChI is InChI=1S/C19H22BrFN4O3S/c1-28-18(26)15(6-8-29-2)24-19(27)25-7-5-14-16(23-10-22-14)17(25)12-4-3-11(20)9-13(12)21/h3-4,9-10,15,17H,5-8H2,1-2H3,(H,22,23)(H,24,27)/t15-,17+/m0/s1. The van der Waals surface area contributed by atoms with Crippen LogP contribution in [0.4, 0.5) is 9.18 Å². The average molecular weight is 485 g/mol. The summed E-state index contributed by atoms with van der Waals surface area (Å²) in [5.74, 6) is -0.255. The van der Waals surface area contributed by atoms with Gasteiger partial charge in [0.25, 0.3) is 0 Å². The molecule has 0 unspecified atom stereocenters. The number of aromatic amines is 1. The lowest BCUT2D eigenvalue weighted by Crippen LogP contribution is -2.51. The second-order valence-electron chi connectivity index (χ2n) is 6.58. The van der Waals surface area contributed by atoms with Gasteiger partial charge in [-0.15, -0.1) is 0 Å². The molecular weight excluding hydrogens is 463 g/mol. The van der Waals surface area contributed by atoms with Crippen LogP contribution in [0, 0.1) is 5.82 Å². The van der Waals surface area contributed by atoms with Gasteiger partial charge in [-0.25, -0.2) is 19.0 Å². The van der Waals surface area contributed by atoms with Crippen LogP contribution in [0.15, 0.2) is 29.0 Å². The monoisotopic (exact) mass is 484 g/mol. The van der Waals surface area contributed by atoms with E-state index in [0.29, 0.717) is 40.9 Å². The van der Waals surface area contributed by atoms with Crippen molar-refractivity contribution in [2.75, 3.05) is 25.7 Å². The Balaban J connectivity index is 1.91. The minimum absolute atomic E-state index is 0.343. The second kappa shape index (κ2) is 9.62. The van der Waals surface area contributed by atoms with Crippen molar-refractivity contribution in [2.24, 2.45) is 0 Å². The maximum atomic E-state index is 14.8. The molecule has 1 aliphatic heterocycles. The van der Waals surface area contributed by atoms with Gasteiger partial charge in [0.05, 0.1) is 19.1 Å². The van der Waals surface area contributed by atoms with Crippen molar-refractivity contribution in [3.05, 3.63) is 51.8 Å². The Labute approximate surface area is 180 Å². The molecule has 1 aliphatic rings. The van der Waals surface area contributed by atoms with Gasteiger partial charge in [0, 0.05) is 28.7 Å². The highest BCUT2D eigenvalue weighted by Crippen LogP contribution is 2.35. The van der Waals surface area contributed by atoms with E-state index in [-0.39, 0.29) is 0 Å². The van der Waals surface area contributed by atoms with Gasteiger partial charge in [-0.3, -0.25) is 0 Å². The Hall–Kier alpha value is -2.07. The van der Waals surface area contributed by atoms with Crippen LogP contribution in [-0.2, 0) is 16.0 Å². The summed E-state index contributed by atoms with van der Waals surface area (Å²) >= 11 is 4.83. The summed E-state index contributed by atoms with van der Waals surface area (Å²) in [4.78, 5) is 34.1. The van der Waals surface area contributed by atoms with Crippen molar-refractivity contribution in [1.29, 1.82) is 0 Å². The molecule has 2 atom stereocenters. The summed E-state index contributed by atoms with van der Waals surface area (Å²) in [6.45, 7) is 0.359. The molecule has 156 valence electrons. The quantitative estimate of drug-likeness (QED) is 0.614. The molecule has 10 heteroatoms. The van der Waals surface area contributed by atoms with Gasteiger partial charge in [-0.2, -0.15) is 11.8 Å². The Bertz CT molecular complexity index is 894. The Kier molecular flexibility index (Phi) is 7.18. The van der Waals surface area contributed by atoms with Crippen LogP contribution in [0.3, 0.4) is 0 Å². The van der Waals surface area contributed by atoms with Gasteiger partial charge in [0.1, 0.15) is 17.9 Å². The number of carbonyl (C=O) groups is 2. The topological polar surface area (TPSA) is 87.3 Å². The molecule has 2 N–H and O–H groups in total. The number of carbonyl (C=O) groups excluding carboxylic acids is 2. The third-order valence-corrected chi connectivity index (χ3v) is 5.97. The molecule has 2 heterocycles. The van der Waals surface area contributed by atoms with Crippen molar-refractivity contribution in [1.82, 2.24) is 20.2 Å². The second-order valence-corrected chi connectivity index (χ2v) is 8.49. The molecule has 0 saturated heterocycles. The maximum absolute atomic E-state index is 14.8. The van der Waals surface area contributed by atoms with Gasteiger partial charge in [-0.05, 0) is 30.6 Å². The first-order valence-corrected chi connectivity index (χ1v) is 11.3. The lowest BCUT2D eigenvalue weighted by molar-refractivity contribution is -0.142. The van der Waals surface area contributed by atoms with Gasteiger partial charge < -0.3 is 19.9 Å². The molecule has 2 amide bonds. The molecule has 3 rings (SSSR count). The van der Waals surface area contributed by atoms with Crippen LogP contribution in [0.1, 0.15) is 29.4 Å². The van der Waals surface area contributed by atoms with Crippen LogP contribution < -0.4 is 5.32 Å². The summed E-state index contributed by atoms with van der Waals surface area (Å²) in [5, 5.41) is 2.76. The first kappa shape index (κ1) is 21.6. The SMILES string of the molecule is COC(=O)[C@H](CCSC)NC(=O)N1CCc2[nH]cnc2[C@H]1c1ccc(Br)cc1F. The normalized spacial score (nSPS) is 16.8. The zero-order valence-electron chi connectivity index (χ0n) is 16.1. The Morgan fingerprint density at radius 1 is 1.52 bits per heavy atom. The molecule has 0 aliphatic carbocycles. The number of urea groups is 1. The first-order valence-electron chi connectivity index (χ1n) is 9.07. The van der Waals surface area contributed by atoms with E-state index in [1.165, 1.54) is 18.1 Å². The molecule has 0 bridgehead atoms. The number of H-pyrrole nitrogens is 1. The van der Waals surface area contributed by atoms with Crippen LogP contribution in [0.25, 0.3) is 0 Å². The van der Waals surface area contributed by atoms with E-state index < -0.39 is 29.9 Å². The highest BCUT2D eigenvalue weighted by Gasteiger charge is 2.37. The number of rotatable bonds is 6. The predicted molar refractivity (Wildman–Crippen MR) is 112 cm³/mol. The molecule has 29 heavy (non-hydrogen) atoms. The summed E-state index contributed by atoms with van der Waals surface area (Å²) < 4.78 is 20.2. The maximum Gasteiger partial charge on any atom is 0.328 e. The highest BCUT2D eigenvalue weighted by molar-refractivity contribution is 9.10. The highest BCUT2D eigenvalue weighted by atomic mass is 79.9. The number of hydrogen-bond donors (Lipinski definition) is 2. The number of thioether (sulfide) groups is 1. The van der Waals surface area contributed by atoms with Crippen LogP contribution in [-0.4, -0.2) is 58.6 Å². The van der Waals surface area contributed by atoms with Gasteiger partial charge >= 0.3 is 12.0 Å².